The zero-order valence-corrected chi connectivity index (χ0v) is 10.6. The van der Waals surface area contributed by atoms with E-state index < -0.39 is 0 Å². The van der Waals surface area contributed by atoms with Crippen molar-refractivity contribution in [1.29, 1.82) is 0 Å². The van der Waals surface area contributed by atoms with Crippen LogP contribution >= 0.6 is 12.2 Å². The van der Waals surface area contributed by atoms with Gasteiger partial charge in [0.25, 0.3) is 0 Å². The lowest BCUT2D eigenvalue weighted by atomic mass is 10.2. The molecule has 0 spiro atoms. The quantitative estimate of drug-likeness (QED) is 0.817. The molecule has 0 atom stereocenters. The molecule has 0 saturated heterocycles. The molecule has 0 fully saturated rings. The summed E-state index contributed by atoms with van der Waals surface area (Å²) in [5.74, 6) is -0.193. The smallest absolute Gasteiger partial charge is 0.169 e. The van der Waals surface area contributed by atoms with E-state index in [2.05, 4.69) is 5.32 Å². The third kappa shape index (κ3) is 3.77. The van der Waals surface area contributed by atoms with E-state index in [0.29, 0.717) is 17.2 Å². The van der Waals surface area contributed by atoms with Crippen LogP contribution in [0, 0.1) is 5.82 Å². The van der Waals surface area contributed by atoms with Crippen molar-refractivity contribution in [2.24, 2.45) is 0 Å². The van der Waals surface area contributed by atoms with Crippen molar-refractivity contribution < 1.29 is 4.39 Å². The first kappa shape index (κ1) is 12.9. The van der Waals surface area contributed by atoms with Gasteiger partial charge in [-0.25, -0.2) is 4.39 Å². The second-order valence-corrected chi connectivity index (χ2v) is 4.44. The Hall–Kier alpha value is -1.16. The second-order valence-electron chi connectivity index (χ2n) is 4.05. The molecule has 0 bridgehead atoms. The third-order valence-corrected chi connectivity index (χ3v) is 2.55. The Balaban J connectivity index is 2.61. The average Bonchev–Trinajstić information content (AvgIpc) is 2.20. The van der Waals surface area contributed by atoms with Gasteiger partial charge in [0, 0.05) is 25.2 Å². The van der Waals surface area contributed by atoms with Crippen molar-refractivity contribution in [3.63, 3.8) is 0 Å². The van der Waals surface area contributed by atoms with Crippen molar-refractivity contribution in [1.82, 2.24) is 10.2 Å². The minimum atomic E-state index is -0.193. The standard InChI is InChI=1S/C12H17FN2S/c1-9(2)14-12(16)15(3)8-10-6-4-5-7-11(10)13/h4-7,9H,8H2,1-3H3,(H,14,16). The monoisotopic (exact) mass is 240 g/mol. The molecule has 0 radical (unpaired) electrons. The number of halogens is 1. The number of rotatable bonds is 3. The Morgan fingerprint density at radius 1 is 1.44 bits per heavy atom. The Labute approximate surface area is 101 Å². The van der Waals surface area contributed by atoms with Crippen LogP contribution in [0.2, 0.25) is 0 Å². The molecule has 4 heteroatoms. The van der Waals surface area contributed by atoms with Crippen LogP contribution in [0.4, 0.5) is 4.39 Å². The Morgan fingerprint density at radius 2 is 2.06 bits per heavy atom. The van der Waals surface area contributed by atoms with E-state index in [1.165, 1.54) is 6.07 Å². The highest BCUT2D eigenvalue weighted by Crippen LogP contribution is 2.08. The number of thiocarbonyl (C=S) groups is 1. The summed E-state index contributed by atoms with van der Waals surface area (Å²) in [6.07, 6.45) is 0. The van der Waals surface area contributed by atoms with Crippen molar-refractivity contribution >= 4 is 17.3 Å². The van der Waals surface area contributed by atoms with E-state index in [0.717, 1.165) is 0 Å². The van der Waals surface area contributed by atoms with Gasteiger partial charge in [0.05, 0.1) is 0 Å². The van der Waals surface area contributed by atoms with Crippen LogP contribution in [0.5, 0.6) is 0 Å². The minimum absolute atomic E-state index is 0.193. The van der Waals surface area contributed by atoms with Crippen LogP contribution < -0.4 is 5.32 Å². The molecular formula is C12H17FN2S. The fourth-order valence-corrected chi connectivity index (χ4v) is 1.61. The summed E-state index contributed by atoms with van der Waals surface area (Å²) in [5, 5.41) is 3.75. The molecule has 1 aromatic rings. The van der Waals surface area contributed by atoms with Crippen molar-refractivity contribution in [3.05, 3.63) is 35.6 Å². The second kappa shape index (κ2) is 5.80. The molecule has 1 aromatic carbocycles. The average molecular weight is 240 g/mol. The molecule has 0 saturated carbocycles. The van der Waals surface area contributed by atoms with Gasteiger partial charge in [-0.2, -0.15) is 0 Å². The highest BCUT2D eigenvalue weighted by Gasteiger charge is 2.08. The third-order valence-electron chi connectivity index (χ3n) is 2.12. The van der Waals surface area contributed by atoms with Gasteiger partial charge in [0.2, 0.25) is 0 Å². The maximum Gasteiger partial charge on any atom is 0.169 e. The topological polar surface area (TPSA) is 15.3 Å². The zero-order valence-electron chi connectivity index (χ0n) is 9.83. The molecule has 2 nitrogen and oxygen atoms in total. The summed E-state index contributed by atoms with van der Waals surface area (Å²) in [5.41, 5.74) is 0.651. The van der Waals surface area contributed by atoms with Gasteiger partial charge in [-0.1, -0.05) is 18.2 Å². The first-order valence-corrected chi connectivity index (χ1v) is 5.66. The molecule has 0 heterocycles. The van der Waals surface area contributed by atoms with Crippen LogP contribution in [-0.4, -0.2) is 23.1 Å². The lowest BCUT2D eigenvalue weighted by Gasteiger charge is -2.23. The largest absolute Gasteiger partial charge is 0.360 e. The van der Waals surface area contributed by atoms with Crippen molar-refractivity contribution in [2.45, 2.75) is 26.4 Å². The summed E-state index contributed by atoms with van der Waals surface area (Å²) >= 11 is 5.19. The number of hydrogen-bond donors (Lipinski definition) is 1. The maximum atomic E-state index is 13.4. The summed E-state index contributed by atoms with van der Waals surface area (Å²) < 4.78 is 13.4. The summed E-state index contributed by atoms with van der Waals surface area (Å²) in [4.78, 5) is 1.83. The van der Waals surface area contributed by atoms with Crippen LogP contribution in [-0.2, 0) is 6.54 Å². The summed E-state index contributed by atoms with van der Waals surface area (Å²) in [6, 6.07) is 7.02. The molecule has 16 heavy (non-hydrogen) atoms. The summed E-state index contributed by atoms with van der Waals surface area (Å²) in [7, 11) is 1.85. The van der Waals surface area contributed by atoms with Gasteiger partial charge >= 0.3 is 0 Å². The predicted molar refractivity (Wildman–Crippen MR) is 68.7 cm³/mol. The Kier molecular flexibility index (Phi) is 4.68. The van der Waals surface area contributed by atoms with Crippen molar-refractivity contribution in [2.75, 3.05) is 7.05 Å². The highest BCUT2D eigenvalue weighted by molar-refractivity contribution is 7.80. The predicted octanol–water partition coefficient (Wildman–Crippen LogP) is 2.54. The lowest BCUT2D eigenvalue weighted by Crippen LogP contribution is -2.40. The van der Waals surface area contributed by atoms with E-state index in [1.54, 1.807) is 12.1 Å². The fraction of sp³-hybridized carbons (Fsp3) is 0.417. The molecule has 0 aromatic heterocycles. The number of benzene rings is 1. The van der Waals surface area contributed by atoms with Crippen LogP contribution in [0.3, 0.4) is 0 Å². The Bertz CT molecular complexity index is 366. The zero-order chi connectivity index (χ0) is 12.1. The van der Waals surface area contributed by atoms with Crippen molar-refractivity contribution in [3.8, 4) is 0 Å². The summed E-state index contributed by atoms with van der Waals surface area (Å²) in [6.45, 7) is 4.51. The lowest BCUT2D eigenvalue weighted by molar-refractivity contribution is 0.464. The van der Waals surface area contributed by atoms with Gasteiger partial charge in [-0.15, -0.1) is 0 Å². The number of nitrogens with zero attached hydrogens (tertiary/aromatic N) is 1. The fourth-order valence-electron chi connectivity index (χ4n) is 1.31. The molecule has 0 aliphatic heterocycles. The van der Waals surface area contributed by atoms with E-state index >= 15 is 0 Å². The molecule has 0 aliphatic carbocycles. The Morgan fingerprint density at radius 3 is 2.62 bits per heavy atom. The van der Waals surface area contributed by atoms with Gasteiger partial charge in [0.1, 0.15) is 5.82 Å². The van der Waals surface area contributed by atoms with E-state index in [1.807, 2.05) is 31.9 Å². The molecular weight excluding hydrogens is 223 g/mol. The molecule has 0 unspecified atom stereocenters. The van der Waals surface area contributed by atoms with Gasteiger partial charge in [-0.05, 0) is 32.1 Å². The first-order chi connectivity index (χ1) is 7.50. The van der Waals surface area contributed by atoms with E-state index in [9.17, 15) is 4.39 Å². The molecule has 1 N–H and O–H groups in total. The van der Waals surface area contributed by atoms with Gasteiger partial charge in [0.15, 0.2) is 5.11 Å². The molecule has 1 rings (SSSR count). The molecule has 0 amide bonds. The van der Waals surface area contributed by atoms with Crippen LogP contribution in [0.25, 0.3) is 0 Å². The van der Waals surface area contributed by atoms with Crippen LogP contribution in [0.1, 0.15) is 19.4 Å². The SMILES string of the molecule is CC(C)NC(=S)N(C)Cc1ccccc1F. The number of nitrogens with one attached hydrogen (secondary N) is 1. The van der Waals surface area contributed by atoms with E-state index in [-0.39, 0.29) is 11.9 Å². The number of hydrogen-bond acceptors (Lipinski definition) is 1. The van der Waals surface area contributed by atoms with Gasteiger partial charge < -0.3 is 10.2 Å². The van der Waals surface area contributed by atoms with Gasteiger partial charge in [-0.3, -0.25) is 0 Å². The minimum Gasteiger partial charge on any atom is -0.360 e. The van der Waals surface area contributed by atoms with Crippen LogP contribution in [0.15, 0.2) is 24.3 Å². The first-order valence-electron chi connectivity index (χ1n) is 5.25. The highest BCUT2D eigenvalue weighted by atomic mass is 32.1. The maximum absolute atomic E-state index is 13.4. The molecule has 88 valence electrons. The molecule has 0 aliphatic rings. The normalized spacial score (nSPS) is 10.3. The van der Waals surface area contributed by atoms with E-state index in [4.69, 9.17) is 12.2 Å².